The minimum Gasteiger partial charge on any atom is -0.457 e. The van der Waals surface area contributed by atoms with Crippen molar-refractivity contribution in [2.75, 3.05) is 0 Å². The van der Waals surface area contributed by atoms with Crippen LogP contribution in [0.3, 0.4) is 0 Å². The van der Waals surface area contributed by atoms with Crippen LogP contribution in [0.15, 0.2) is 12.2 Å². The molecule has 3 aliphatic heterocycles. The van der Waals surface area contributed by atoms with Crippen molar-refractivity contribution in [2.24, 2.45) is 17.3 Å². The molecule has 21 heavy (non-hydrogen) atoms. The van der Waals surface area contributed by atoms with Crippen LogP contribution in [0.2, 0.25) is 0 Å². The average Bonchev–Trinajstić information content (AvgIpc) is 2.86. The minimum atomic E-state index is -1.35. The summed E-state index contributed by atoms with van der Waals surface area (Å²) in [5, 5.41) is 11.4. The first-order chi connectivity index (χ1) is 9.79. The predicted octanol–water partition coefficient (Wildman–Crippen LogP) is -0.0620. The van der Waals surface area contributed by atoms with E-state index >= 15 is 0 Å². The Morgan fingerprint density at radius 2 is 2.10 bits per heavy atom. The lowest BCUT2D eigenvalue weighted by molar-refractivity contribution is -0.195. The van der Waals surface area contributed by atoms with E-state index < -0.39 is 46.7 Å². The third-order valence-electron chi connectivity index (χ3n) is 6.60. The predicted molar refractivity (Wildman–Crippen MR) is 66.8 cm³/mol. The zero-order chi connectivity index (χ0) is 14.9. The lowest BCUT2D eigenvalue weighted by Gasteiger charge is -2.51. The number of fused-ring (bicyclic) bond motifs is 4. The average molecular weight is 292 g/mol. The van der Waals surface area contributed by atoms with Crippen molar-refractivity contribution < 1.29 is 28.9 Å². The maximum Gasteiger partial charge on any atom is 0.342 e. The molecular weight excluding hydrogens is 276 g/mol. The fourth-order valence-electron chi connectivity index (χ4n) is 5.59. The fraction of sp³-hybridized carbons (Fsp3) is 0.733. The molecule has 2 bridgehead atoms. The molecule has 0 unspecified atom stereocenters. The van der Waals surface area contributed by atoms with Gasteiger partial charge in [0.2, 0.25) is 5.60 Å². The Kier molecular flexibility index (Phi) is 1.68. The van der Waals surface area contributed by atoms with Crippen LogP contribution in [0.5, 0.6) is 0 Å². The van der Waals surface area contributed by atoms with Gasteiger partial charge in [-0.05, 0) is 13.8 Å². The van der Waals surface area contributed by atoms with Crippen molar-refractivity contribution in [3.05, 3.63) is 12.2 Å². The molecule has 0 aromatic heterocycles. The van der Waals surface area contributed by atoms with E-state index in [-0.39, 0.29) is 18.4 Å². The highest BCUT2D eigenvalue weighted by Gasteiger charge is 2.95. The summed E-state index contributed by atoms with van der Waals surface area (Å²) in [4.78, 5) is 24.7. The van der Waals surface area contributed by atoms with Gasteiger partial charge in [0.05, 0.1) is 16.9 Å². The van der Waals surface area contributed by atoms with E-state index in [1.807, 2.05) is 6.92 Å². The maximum absolute atomic E-state index is 12.3. The molecule has 6 heteroatoms. The highest BCUT2D eigenvalue weighted by Crippen LogP contribution is 2.76. The second kappa shape index (κ2) is 2.90. The number of ether oxygens (including phenoxy) is 3. The summed E-state index contributed by atoms with van der Waals surface area (Å²) in [6, 6.07) is 0. The molecule has 5 fully saturated rings. The van der Waals surface area contributed by atoms with Crippen molar-refractivity contribution >= 4 is 11.9 Å². The molecule has 2 aliphatic carbocycles. The number of hydrogen-bond donors (Lipinski definition) is 1. The van der Waals surface area contributed by atoms with Gasteiger partial charge in [-0.3, -0.25) is 4.79 Å². The first kappa shape index (κ1) is 12.2. The van der Waals surface area contributed by atoms with Crippen LogP contribution in [-0.4, -0.2) is 46.6 Å². The van der Waals surface area contributed by atoms with Crippen LogP contribution in [0.25, 0.3) is 0 Å². The van der Waals surface area contributed by atoms with Crippen molar-refractivity contribution in [3.8, 4) is 0 Å². The lowest BCUT2D eigenvalue weighted by atomic mass is 9.53. The van der Waals surface area contributed by atoms with E-state index in [4.69, 9.17) is 14.2 Å². The molecule has 0 aromatic rings. The van der Waals surface area contributed by atoms with Crippen LogP contribution in [0.4, 0.5) is 0 Å². The van der Waals surface area contributed by atoms with Gasteiger partial charge in [0.15, 0.2) is 6.10 Å². The standard InChI is InChI=1S/C15H16O6/c1-5(2)7-8-11(16)19-9(7)10-13(3)14(8,18)4-6-15(13,21-6)12(17)20-10/h6-10,18H,1,4H2,2-3H3/t6-,7+,8+,9+,10-,13-,14+,15+/m0/s1. The van der Waals surface area contributed by atoms with Gasteiger partial charge in [-0.25, -0.2) is 4.79 Å². The zero-order valence-electron chi connectivity index (χ0n) is 11.8. The van der Waals surface area contributed by atoms with Crippen LogP contribution >= 0.6 is 0 Å². The number of carbonyl (C=O) groups excluding carboxylic acids is 2. The molecule has 0 radical (unpaired) electrons. The molecule has 5 aliphatic rings. The van der Waals surface area contributed by atoms with Gasteiger partial charge in [0.25, 0.3) is 0 Å². The summed E-state index contributed by atoms with van der Waals surface area (Å²) < 4.78 is 16.6. The summed E-state index contributed by atoms with van der Waals surface area (Å²) in [6.45, 7) is 7.55. The quantitative estimate of drug-likeness (QED) is 0.414. The molecule has 3 saturated heterocycles. The maximum atomic E-state index is 12.3. The number of epoxide rings is 1. The molecule has 1 N–H and O–H groups in total. The van der Waals surface area contributed by atoms with E-state index in [9.17, 15) is 14.7 Å². The van der Waals surface area contributed by atoms with Gasteiger partial charge in [-0.1, -0.05) is 12.2 Å². The Hall–Kier alpha value is -1.40. The molecule has 2 saturated carbocycles. The second-order valence-corrected chi connectivity index (χ2v) is 7.25. The fourth-order valence-corrected chi connectivity index (χ4v) is 5.59. The molecule has 5 rings (SSSR count). The zero-order valence-corrected chi connectivity index (χ0v) is 11.8. The number of hydrogen-bond acceptors (Lipinski definition) is 6. The van der Waals surface area contributed by atoms with Gasteiger partial charge in [0.1, 0.15) is 12.2 Å². The monoisotopic (exact) mass is 292 g/mol. The second-order valence-electron chi connectivity index (χ2n) is 7.25. The Morgan fingerprint density at radius 1 is 1.38 bits per heavy atom. The van der Waals surface area contributed by atoms with Crippen LogP contribution in [0.1, 0.15) is 20.3 Å². The molecule has 1 spiro atoms. The van der Waals surface area contributed by atoms with E-state index in [1.54, 1.807) is 6.92 Å². The topological polar surface area (TPSA) is 85.4 Å². The Bertz CT molecular complexity index is 642. The SMILES string of the molecule is C=C(C)[C@H]1[C@H]2OC(=O)[C@@H]1[C@]1(O)C[C@@H]3O[C@@]34C(=O)O[C@@H]2[C@@]14C. The molecular formula is C15H16O6. The van der Waals surface area contributed by atoms with Crippen molar-refractivity contribution in [2.45, 2.75) is 49.8 Å². The van der Waals surface area contributed by atoms with Crippen molar-refractivity contribution in [1.29, 1.82) is 0 Å². The van der Waals surface area contributed by atoms with Crippen molar-refractivity contribution in [3.63, 3.8) is 0 Å². The first-order valence-electron chi connectivity index (χ1n) is 7.26. The highest BCUT2D eigenvalue weighted by molar-refractivity contribution is 5.91. The van der Waals surface area contributed by atoms with Gasteiger partial charge < -0.3 is 19.3 Å². The van der Waals surface area contributed by atoms with Gasteiger partial charge in [-0.15, -0.1) is 0 Å². The third kappa shape index (κ3) is 0.874. The Morgan fingerprint density at radius 3 is 2.76 bits per heavy atom. The van der Waals surface area contributed by atoms with Gasteiger partial charge in [-0.2, -0.15) is 0 Å². The first-order valence-corrected chi connectivity index (χ1v) is 7.26. The number of carbonyl (C=O) groups is 2. The summed E-state index contributed by atoms with van der Waals surface area (Å²) in [6.07, 6.45) is -1.34. The molecule has 8 atom stereocenters. The molecule has 6 nitrogen and oxygen atoms in total. The summed E-state index contributed by atoms with van der Waals surface area (Å²) in [5.41, 5.74) is -2.60. The highest BCUT2D eigenvalue weighted by atomic mass is 16.7. The van der Waals surface area contributed by atoms with E-state index in [1.165, 1.54) is 0 Å². The normalized spacial score (nSPS) is 62.0. The third-order valence-corrected chi connectivity index (χ3v) is 6.60. The Labute approximate surface area is 121 Å². The smallest absolute Gasteiger partial charge is 0.342 e. The van der Waals surface area contributed by atoms with E-state index in [0.717, 1.165) is 5.57 Å². The molecule has 3 heterocycles. The summed E-state index contributed by atoms with van der Waals surface area (Å²) >= 11 is 0. The van der Waals surface area contributed by atoms with Gasteiger partial charge >= 0.3 is 11.9 Å². The minimum absolute atomic E-state index is 0.269. The van der Waals surface area contributed by atoms with Crippen LogP contribution in [-0.2, 0) is 23.8 Å². The molecule has 0 amide bonds. The summed E-state index contributed by atoms with van der Waals surface area (Å²) in [7, 11) is 0. The summed E-state index contributed by atoms with van der Waals surface area (Å²) in [5.74, 6) is -1.86. The molecule has 112 valence electrons. The van der Waals surface area contributed by atoms with Crippen LogP contribution in [0, 0.1) is 17.3 Å². The Balaban J connectivity index is 1.78. The van der Waals surface area contributed by atoms with Crippen LogP contribution < -0.4 is 0 Å². The van der Waals surface area contributed by atoms with Gasteiger partial charge in [0, 0.05) is 12.3 Å². The number of rotatable bonds is 1. The number of aliphatic hydroxyl groups is 1. The van der Waals surface area contributed by atoms with Crippen molar-refractivity contribution in [1.82, 2.24) is 0 Å². The van der Waals surface area contributed by atoms with E-state index in [2.05, 4.69) is 6.58 Å². The van der Waals surface area contributed by atoms with E-state index in [0.29, 0.717) is 0 Å². The largest absolute Gasteiger partial charge is 0.457 e. The lowest BCUT2D eigenvalue weighted by Crippen LogP contribution is -2.66. The number of esters is 2. The molecule has 0 aromatic carbocycles.